The van der Waals surface area contributed by atoms with E-state index in [4.69, 9.17) is 10.1 Å². The zero-order valence-electron chi connectivity index (χ0n) is 26.2. The van der Waals surface area contributed by atoms with Crippen LogP contribution in [0.2, 0.25) is 0 Å². The van der Waals surface area contributed by atoms with Crippen LogP contribution in [0, 0.1) is 13.8 Å². The van der Waals surface area contributed by atoms with Gasteiger partial charge in [0.05, 0.1) is 23.3 Å². The van der Waals surface area contributed by atoms with Gasteiger partial charge in [-0.1, -0.05) is 54.2 Å². The molecule has 48 heavy (non-hydrogen) atoms. The number of para-hydroxylation sites is 1. The molecule has 0 fully saturated rings. The van der Waals surface area contributed by atoms with Crippen LogP contribution in [0.4, 0.5) is 23.7 Å². The molecule has 4 aromatic rings. The molecule has 0 radical (unpaired) electrons. The molecular weight excluding hydrogens is 649 g/mol. The van der Waals surface area contributed by atoms with E-state index in [1.54, 1.807) is 18.3 Å². The lowest BCUT2D eigenvalue weighted by Gasteiger charge is -2.13. The summed E-state index contributed by atoms with van der Waals surface area (Å²) in [6.07, 6.45) is -2.25. The lowest BCUT2D eigenvalue weighted by atomic mass is 10.1. The van der Waals surface area contributed by atoms with Gasteiger partial charge in [0.2, 0.25) is 5.91 Å². The number of hydrogen-bond donors (Lipinski definition) is 3. The van der Waals surface area contributed by atoms with Crippen LogP contribution in [-0.2, 0) is 4.79 Å². The Bertz CT molecular complexity index is 1740. The first-order chi connectivity index (χ1) is 22.9. The van der Waals surface area contributed by atoms with E-state index in [9.17, 15) is 22.8 Å². The second-order valence-corrected chi connectivity index (χ2v) is 11.4. The van der Waals surface area contributed by atoms with Gasteiger partial charge in [0.15, 0.2) is 11.0 Å². The number of aromatic nitrogens is 3. The quantitative estimate of drug-likeness (QED) is 0.0724. The Labute approximate surface area is 278 Å². The number of halogens is 3. The summed E-state index contributed by atoms with van der Waals surface area (Å²) < 4.78 is 42.7. The van der Waals surface area contributed by atoms with Crippen LogP contribution in [0.1, 0.15) is 23.1 Å². The fourth-order valence-electron chi connectivity index (χ4n) is 4.20. The molecule has 0 saturated carbocycles. The number of hydrazone groups is 1. The van der Waals surface area contributed by atoms with Gasteiger partial charge in [0.1, 0.15) is 12.1 Å². The molecule has 0 aliphatic carbocycles. The molecule has 0 aliphatic rings. The van der Waals surface area contributed by atoms with Gasteiger partial charge >= 0.3 is 12.5 Å². The van der Waals surface area contributed by atoms with Crippen LogP contribution in [0.3, 0.4) is 0 Å². The Hall–Kier alpha value is -5.38. The highest BCUT2D eigenvalue weighted by Crippen LogP contribution is 2.25. The number of alkyl halides is 3. The van der Waals surface area contributed by atoms with E-state index in [1.165, 1.54) is 54.1 Å². The van der Waals surface area contributed by atoms with E-state index in [0.717, 1.165) is 27.3 Å². The predicted octanol–water partition coefficient (Wildman–Crippen LogP) is 5.91. The van der Waals surface area contributed by atoms with Gasteiger partial charge in [-0.2, -0.15) is 5.10 Å². The zero-order chi connectivity index (χ0) is 34.7. The first-order valence-corrected chi connectivity index (χ1v) is 15.5. The fourth-order valence-corrected chi connectivity index (χ4v) is 4.84. The number of carboxylic acid groups (broad SMARTS) is 1. The number of nitrogens with one attached hydrogen (secondary N) is 2. The maximum Gasteiger partial charge on any atom is 0.573 e. The molecule has 0 atom stereocenters. The number of thioether (sulfide) groups is 1. The Morgan fingerprint density at radius 1 is 1.06 bits per heavy atom. The average molecular weight is 683 g/mol. The number of benzene rings is 3. The molecule has 3 N–H and O–H groups in total. The van der Waals surface area contributed by atoms with Crippen LogP contribution >= 0.6 is 11.8 Å². The van der Waals surface area contributed by atoms with Crippen molar-refractivity contribution in [3.8, 4) is 22.8 Å². The molecule has 0 unspecified atom stereocenters. The molecule has 1 heterocycles. The first kappa shape index (κ1) is 35.5. The standard InChI is InChI=1S/C32H33F3N8O4S/c1-21-6-4-7-22(2)28(21)39-30(48-19-27(44)36-16-5-17-42(3)31(45)46)40-38-18-23-8-10-24(11-9-23)29-37-20-43(41-29)25-12-14-26(15-13-25)47-32(33,34)35/h4,6-15,18,20H,5,16-17,19H2,1-3H3,(H,36,44)(H,39,40)(H,45,46)/b38-18+. The van der Waals surface area contributed by atoms with Crippen LogP contribution in [0.15, 0.2) is 83.2 Å². The second kappa shape index (κ2) is 16.4. The molecule has 1 aromatic heterocycles. The van der Waals surface area contributed by atoms with Gasteiger partial charge in [-0.25, -0.2) is 19.5 Å². The molecule has 0 saturated heterocycles. The third-order valence-electron chi connectivity index (χ3n) is 6.68. The van der Waals surface area contributed by atoms with E-state index in [2.05, 4.69) is 30.7 Å². The molecule has 2 amide bonds. The number of hydrogen-bond acceptors (Lipinski definition) is 8. The van der Waals surface area contributed by atoms with Crippen molar-refractivity contribution < 1.29 is 32.6 Å². The molecule has 4 rings (SSSR count). The van der Waals surface area contributed by atoms with Crippen LogP contribution in [-0.4, -0.2) is 80.4 Å². The number of aryl methyl sites for hydroxylation is 2. The molecule has 16 heteroatoms. The van der Waals surface area contributed by atoms with E-state index < -0.39 is 12.5 Å². The van der Waals surface area contributed by atoms with Gasteiger partial charge < -0.3 is 20.1 Å². The lowest BCUT2D eigenvalue weighted by molar-refractivity contribution is -0.274. The number of aliphatic imine (C=N–C) groups is 1. The van der Waals surface area contributed by atoms with Crippen molar-refractivity contribution in [1.82, 2.24) is 30.4 Å². The number of nitrogens with zero attached hydrogens (tertiary/aromatic N) is 6. The summed E-state index contributed by atoms with van der Waals surface area (Å²) in [6.45, 7) is 4.54. The lowest BCUT2D eigenvalue weighted by Crippen LogP contribution is -2.31. The molecule has 0 aliphatic heterocycles. The van der Waals surface area contributed by atoms with Crippen molar-refractivity contribution in [3.05, 3.63) is 89.7 Å². The first-order valence-electron chi connectivity index (χ1n) is 14.5. The number of carbonyl (C=O) groups is 2. The van der Waals surface area contributed by atoms with Gasteiger partial charge in [0, 0.05) is 25.7 Å². The van der Waals surface area contributed by atoms with Crippen molar-refractivity contribution in [2.75, 3.05) is 25.9 Å². The number of rotatable bonds is 12. The second-order valence-electron chi connectivity index (χ2n) is 10.4. The number of amides is 2. The van der Waals surface area contributed by atoms with E-state index in [1.807, 2.05) is 44.2 Å². The maximum absolute atomic E-state index is 12.5. The Morgan fingerprint density at radius 2 is 1.75 bits per heavy atom. The SMILES string of the molecule is Cc1cccc(C)c1N=C(N/N=C/c1ccc(-c2ncn(-c3ccc(OC(F)(F)F)cc3)n2)cc1)SCC(=O)NCCCN(C)C(=O)O. The van der Waals surface area contributed by atoms with Crippen LogP contribution in [0.25, 0.3) is 17.1 Å². The topological polar surface area (TPSA) is 146 Å². The van der Waals surface area contributed by atoms with Crippen molar-refractivity contribution in [2.24, 2.45) is 10.1 Å². The Morgan fingerprint density at radius 3 is 2.40 bits per heavy atom. The van der Waals surface area contributed by atoms with E-state index >= 15 is 0 Å². The fraction of sp³-hybridized carbons (Fsp3) is 0.250. The van der Waals surface area contributed by atoms with Crippen LogP contribution in [0.5, 0.6) is 5.75 Å². The minimum atomic E-state index is -4.77. The molecule has 3 aromatic carbocycles. The summed E-state index contributed by atoms with van der Waals surface area (Å²) in [4.78, 5) is 33.6. The third-order valence-corrected chi connectivity index (χ3v) is 7.54. The summed E-state index contributed by atoms with van der Waals surface area (Å²) in [7, 11) is 1.47. The highest BCUT2D eigenvalue weighted by molar-refractivity contribution is 8.14. The molecule has 0 spiro atoms. The highest BCUT2D eigenvalue weighted by Gasteiger charge is 2.31. The third kappa shape index (κ3) is 10.9. The molecule has 252 valence electrons. The minimum absolute atomic E-state index is 0.0703. The monoisotopic (exact) mass is 682 g/mol. The molecular formula is C32H33F3N8O4S. The summed E-state index contributed by atoms with van der Waals surface area (Å²) in [5.41, 5.74) is 7.61. The Kier molecular flexibility index (Phi) is 12.2. The number of ether oxygens (including phenoxy) is 1. The van der Waals surface area contributed by atoms with Crippen molar-refractivity contribution in [1.29, 1.82) is 0 Å². The maximum atomic E-state index is 12.5. The highest BCUT2D eigenvalue weighted by atomic mass is 32.2. The summed E-state index contributed by atoms with van der Waals surface area (Å²) in [5.74, 6) is -0.0712. The minimum Gasteiger partial charge on any atom is -0.465 e. The number of carbonyl (C=O) groups excluding carboxylic acids is 1. The van der Waals surface area contributed by atoms with Gasteiger partial charge in [0.25, 0.3) is 0 Å². The number of amidine groups is 1. The van der Waals surface area contributed by atoms with Gasteiger partial charge in [-0.15, -0.1) is 18.3 Å². The van der Waals surface area contributed by atoms with Gasteiger partial charge in [-0.05, 0) is 61.2 Å². The van der Waals surface area contributed by atoms with Gasteiger partial charge in [-0.3, -0.25) is 10.2 Å². The van der Waals surface area contributed by atoms with E-state index in [0.29, 0.717) is 41.8 Å². The van der Waals surface area contributed by atoms with Crippen molar-refractivity contribution >= 4 is 40.8 Å². The smallest absolute Gasteiger partial charge is 0.465 e. The van der Waals surface area contributed by atoms with Crippen LogP contribution < -0.4 is 15.5 Å². The zero-order valence-corrected chi connectivity index (χ0v) is 27.0. The Balaban J connectivity index is 1.37. The van der Waals surface area contributed by atoms with Crippen molar-refractivity contribution in [3.63, 3.8) is 0 Å². The predicted molar refractivity (Wildman–Crippen MR) is 178 cm³/mol. The molecule has 12 nitrogen and oxygen atoms in total. The summed E-state index contributed by atoms with van der Waals surface area (Å²) in [5, 5.41) is 20.9. The summed E-state index contributed by atoms with van der Waals surface area (Å²) in [6, 6.07) is 18.4. The summed E-state index contributed by atoms with van der Waals surface area (Å²) >= 11 is 1.18. The largest absolute Gasteiger partial charge is 0.573 e. The van der Waals surface area contributed by atoms with Crippen molar-refractivity contribution in [2.45, 2.75) is 26.6 Å². The molecule has 0 bridgehead atoms. The average Bonchev–Trinajstić information content (AvgIpc) is 3.53. The van der Waals surface area contributed by atoms with E-state index in [-0.39, 0.29) is 17.4 Å². The normalized spacial score (nSPS) is 11.8.